The van der Waals surface area contributed by atoms with Gasteiger partial charge >= 0.3 is 0 Å². The summed E-state index contributed by atoms with van der Waals surface area (Å²) < 4.78 is 62.8. The molecule has 0 fully saturated rings. The first kappa shape index (κ1) is 27.0. The largest absolute Gasteiger partial charge is 0.482 e. The summed E-state index contributed by atoms with van der Waals surface area (Å²) in [5, 5.41) is 2.62. The second-order valence-corrected chi connectivity index (χ2v) is 11.4. The second kappa shape index (κ2) is 11.3. The molecule has 0 unspecified atom stereocenters. The minimum atomic E-state index is -3.77. The fourth-order valence-corrected chi connectivity index (χ4v) is 4.83. The average molecular weight is 520 g/mol. The van der Waals surface area contributed by atoms with Gasteiger partial charge in [0.25, 0.3) is 5.91 Å². The molecule has 0 saturated heterocycles. The monoisotopic (exact) mass is 519 g/mol. The van der Waals surface area contributed by atoms with Crippen molar-refractivity contribution in [2.45, 2.75) is 16.7 Å². The van der Waals surface area contributed by atoms with E-state index in [1.807, 2.05) is 0 Å². The number of hydrogen-bond acceptors (Lipinski definition) is 7. The molecule has 0 bridgehead atoms. The van der Waals surface area contributed by atoms with E-state index in [1.54, 1.807) is 13.0 Å². The zero-order valence-electron chi connectivity index (χ0n) is 18.6. The maximum Gasteiger partial charge on any atom is 0.262 e. The zero-order chi connectivity index (χ0) is 24.8. The number of amides is 1. The fraction of sp³-hybridized carbons (Fsp3) is 0.350. The lowest BCUT2D eigenvalue weighted by molar-refractivity contribution is -0.118. The van der Waals surface area contributed by atoms with Crippen LogP contribution in [0.5, 0.6) is 5.75 Å². The van der Waals surface area contributed by atoms with Crippen LogP contribution in [0.1, 0.15) is 5.56 Å². The third-order valence-electron chi connectivity index (χ3n) is 4.43. The lowest BCUT2D eigenvalue weighted by atomic mass is 10.2. The van der Waals surface area contributed by atoms with Crippen LogP contribution in [0.25, 0.3) is 0 Å². The maximum atomic E-state index is 12.4. The summed E-state index contributed by atoms with van der Waals surface area (Å²) in [5.41, 5.74) is 0.982. The molecule has 33 heavy (non-hydrogen) atoms. The van der Waals surface area contributed by atoms with Crippen LogP contribution >= 0.6 is 11.6 Å². The molecule has 2 N–H and O–H groups in total. The molecule has 2 aromatic carbocycles. The minimum Gasteiger partial charge on any atom is -0.482 e. The highest BCUT2D eigenvalue weighted by Gasteiger charge is 2.19. The first-order valence-electron chi connectivity index (χ1n) is 9.62. The molecule has 2 rings (SSSR count). The molecule has 0 aliphatic rings. The van der Waals surface area contributed by atoms with E-state index in [0.29, 0.717) is 11.3 Å². The van der Waals surface area contributed by atoms with E-state index >= 15 is 0 Å². The maximum absolute atomic E-state index is 12.4. The number of nitrogens with zero attached hydrogens (tertiary/aromatic N) is 1. The van der Waals surface area contributed by atoms with Gasteiger partial charge < -0.3 is 14.8 Å². The highest BCUT2D eigenvalue weighted by Crippen LogP contribution is 2.27. The predicted octanol–water partition coefficient (Wildman–Crippen LogP) is 1.84. The quantitative estimate of drug-likeness (QED) is 0.433. The van der Waals surface area contributed by atoms with Crippen molar-refractivity contribution in [2.75, 3.05) is 46.3 Å². The first-order chi connectivity index (χ1) is 15.4. The zero-order valence-corrected chi connectivity index (χ0v) is 21.0. The van der Waals surface area contributed by atoms with Crippen molar-refractivity contribution in [3.8, 4) is 5.75 Å². The number of anilines is 1. The van der Waals surface area contributed by atoms with Crippen LogP contribution in [0.4, 0.5) is 5.69 Å². The highest BCUT2D eigenvalue weighted by atomic mass is 35.5. The number of methoxy groups -OCH3 is 1. The lowest BCUT2D eigenvalue weighted by Crippen LogP contribution is -2.27. The Hall–Kier alpha value is -2.22. The molecule has 0 aromatic heterocycles. The van der Waals surface area contributed by atoms with Crippen LogP contribution in [0.15, 0.2) is 46.2 Å². The minimum absolute atomic E-state index is 0.00710. The Labute approximate surface area is 198 Å². The number of ether oxygens (including phenoxy) is 2. The Morgan fingerprint density at radius 2 is 1.73 bits per heavy atom. The Bertz CT molecular complexity index is 1220. The molecule has 182 valence electrons. The van der Waals surface area contributed by atoms with Crippen molar-refractivity contribution in [3.63, 3.8) is 0 Å². The third-order valence-corrected chi connectivity index (χ3v) is 8.00. The van der Waals surface area contributed by atoms with Crippen LogP contribution in [0.2, 0.25) is 5.02 Å². The van der Waals surface area contributed by atoms with Crippen LogP contribution in [-0.2, 0) is 29.6 Å². The molecule has 0 radical (unpaired) electrons. The Kier molecular flexibility index (Phi) is 9.23. The van der Waals surface area contributed by atoms with Gasteiger partial charge in [0.1, 0.15) is 5.75 Å². The Morgan fingerprint density at radius 3 is 2.33 bits per heavy atom. The molecule has 0 spiro atoms. The summed E-state index contributed by atoms with van der Waals surface area (Å²) >= 11 is 6.12. The highest BCUT2D eigenvalue weighted by molar-refractivity contribution is 7.89. The number of carbonyl (C=O) groups excluding carboxylic acids is 1. The molecule has 1 amide bonds. The number of carbonyl (C=O) groups is 1. The number of benzene rings is 2. The van der Waals surface area contributed by atoms with Gasteiger partial charge in [0, 0.05) is 33.4 Å². The average Bonchev–Trinajstić information content (AvgIpc) is 2.74. The van der Waals surface area contributed by atoms with E-state index in [-0.39, 0.29) is 33.7 Å². The van der Waals surface area contributed by atoms with Crippen LogP contribution in [0, 0.1) is 6.92 Å². The van der Waals surface area contributed by atoms with Gasteiger partial charge in [-0.3, -0.25) is 4.79 Å². The standard InChI is InChI=1S/C20H26ClN3O7S2/c1-14-5-6-16(33(28,29)24(2)3)12-18(14)23-20(25)13-31-19-8-7-15(11-17(19)21)32(26,27)22-9-10-30-4/h5-8,11-12,22H,9-10,13H2,1-4H3,(H,23,25). The molecule has 0 saturated carbocycles. The summed E-state index contributed by atoms with van der Waals surface area (Å²) in [6.07, 6.45) is 0. The smallest absolute Gasteiger partial charge is 0.262 e. The normalized spacial score (nSPS) is 12.1. The van der Waals surface area contributed by atoms with Gasteiger partial charge in [-0.05, 0) is 42.8 Å². The molecule has 2 aromatic rings. The molecular weight excluding hydrogens is 494 g/mol. The van der Waals surface area contributed by atoms with Gasteiger partial charge in [0.2, 0.25) is 20.0 Å². The van der Waals surface area contributed by atoms with Crippen LogP contribution in [0.3, 0.4) is 0 Å². The predicted molar refractivity (Wildman–Crippen MR) is 125 cm³/mol. The van der Waals surface area contributed by atoms with Crippen LogP contribution in [-0.4, -0.2) is 68.0 Å². The number of nitrogens with one attached hydrogen (secondary N) is 2. The van der Waals surface area contributed by atoms with Gasteiger partial charge in [-0.2, -0.15) is 0 Å². The van der Waals surface area contributed by atoms with E-state index in [0.717, 1.165) is 4.31 Å². The Morgan fingerprint density at radius 1 is 1.06 bits per heavy atom. The van der Waals surface area contributed by atoms with Crippen molar-refractivity contribution < 1.29 is 31.1 Å². The molecule has 0 aliphatic carbocycles. The number of halogens is 1. The van der Waals surface area contributed by atoms with Gasteiger partial charge in [0.05, 0.1) is 21.4 Å². The fourth-order valence-electron chi connectivity index (χ4n) is 2.56. The molecule has 0 aliphatic heterocycles. The van der Waals surface area contributed by atoms with Crippen molar-refractivity contribution >= 4 is 43.2 Å². The first-order valence-corrected chi connectivity index (χ1v) is 12.9. The van der Waals surface area contributed by atoms with Crippen molar-refractivity contribution in [1.29, 1.82) is 0 Å². The number of aryl methyl sites for hydroxylation is 1. The second-order valence-electron chi connectivity index (χ2n) is 7.08. The van der Waals surface area contributed by atoms with E-state index < -0.39 is 32.6 Å². The molecule has 0 atom stereocenters. The molecular formula is C20H26ClN3O7S2. The van der Waals surface area contributed by atoms with Gasteiger partial charge in [0.15, 0.2) is 6.61 Å². The van der Waals surface area contributed by atoms with Crippen molar-refractivity contribution in [2.24, 2.45) is 0 Å². The van der Waals surface area contributed by atoms with E-state index in [2.05, 4.69) is 10.0 Å². The molecule has 13 heteroatoms. The number of hydrogen-bond donors (Lipinski definition) is 2. The molecule has 10 nitrogen and oxygen atoms in total. The summed E-state index contributed by atoms with van der Waals surface area (Å²) in [5.74, 6) is -0.435. The van der Waals surface area contributed by atoms with Gasteiger partial charge in [-0.1, -0.05) is 17.7 Å². The summed E-state index contributed by atoms with van der Waals surface area (Å²) in [6, 6.07) is 8.26. The summed E-state index contributed by atoms with van der Waals surface area (Å²) in [7, 11) is -3.15. The summed E-state index contributed by atoms with van der Waals surface area (Å²) in [6.45, 7) is 1.61. The van der Waals surface area contributed by atoms with Gasteiger partial charge in [-0.25, -0.2) is 25.9 Å². The van der Waals surface area contributed by atoms with E-state index in [9.17, 15) is 21.6 Å². The Balaban J connectivity index is 2.07. The van der Waals surface area contributed by atoms with Crippen LogP contribution < -0.4 is 14.8 Å². The van der Waals surface area contributed by atoms with Crippen molar-refractivity contribution in [3.05, 3.63) is 47.0 Å². The topological polar surface area (TPSA) is 131 Å². The van der Waals surface area contributed by atoms with E-state index in [4.69, 9.17) is 21.1 Å². The molecule has 0 heterocycles. The SMILES string of the molecule is COCCNS(=O)(=O)c1ccc(OCC(=O)Nc2cc(S(=O)(=O)N(C)C)ccc2C)c(Cl)c1. The number of rotatable bonds is 11. The third kappa shape index (κ3) is 7.13. The van der Waals surface area contributed by atoms with Gasteiger partial charge in [-0.15, -0.1) is 0 Å². The van der Waals surface area contributed by atoms with E-state index in [1.165, 1.54) is 51.5 Å². The van der Waals surface area contributed by atoms with Crippen molar-refractivity contribution in [1.82, 2.24) is 9.03 Å². The number of sulfonamides is 2. The summed E-state index contributed by atoms with van der Waals surface area (Å²) in [4.78, 5) is 12.3. The lowest BCUT2D eigenvalue weighted by Gasteiger charge is -2.15.